The highest BCUT2D eigenvalue weighted by atomic mass is 32.1. The molecule has 0 radical (unpaired) electrons. The first-order valence-corrected chi connectivity index (χ1v) is 5.62. The molecule has 2 rings (SSSR count). The van der Waals surface area contributed by atoms with E-state index in [4.69, 9.17) is 10.6 Å². The van der Waals surface area contributed by atoms with Gasteiger partial charge in [0.15, 0.2) is 0 Å². The van der Waals surface area contributed by atoms with E-state index in [0.717, 1.165) is 22.0 Å². The second kappa shape index (κ2) is 5.07. The van der Waals surface area contributed by atoms with E-state index in [2.05, 4.69) is 9.82 Å². The van der Waals surface area contributed by atoms with Crippen molar-refractivity contribution in [2.24, 2.45) is 5.90 Å². The van der Waals surface area contributed by atoms with Gasteiger partial charge in [0.2, 0.25) is 0 Å². The van der Waals surface area contributed by atoms with Crippen LogP contribution in [0.4, 0.5) is 0 Å². The maximum atomic E-state index is 5.28. The Labute approximate surface area is 97.6 Å². The molecule has 0 saturated carbocycles. The van der Waals surface area contributed by atoms with Crippen molar-refractivity contribution in [2.75, 3.05) is 7.11 Å². The van der Waals surface area contributed by atoms with Gasteiger partial charge in [-0.3, -0.25) is 4.84 Å². The second-order valence-corrected chi connectivity index (χ2v) is 4.01. The van der Waals surface area contributed by atoms with Gasteiger partial charge in [-0.25, -0.2) is 10.9 Å². The lowest BCUT2D eigenvalue weighted by Crippen LogP contribution is -1.98. The average molecular weight is 236 g/mol. The number of benzene rings is 1. The highest BCUT2D eigenvalue weighted by molar-refractivity contribution is 7.13. The Morgan fingerprint density at radius 2 is 2.19 bits per heavy atom. The number of para-hydroxylation sites is 1. The van der Waals surface area contributed by atoms with E-state index in [9.17, 15) is 0 Å². The molecule has 0 aliphatic carbocycles. The highest BCUT2D eigenvalue weighted by Gasteiger charge is 2.09. The summed E-state index contributed by atoms with van der Waals surface area (Å²) in [5.74, 6) is 5.82. The van der Waals surface area contributed by atoms with Crippen molar-refractivity contribution < 1.29 is 9.57 Å². The number of thiazole rings is 1. The third-order valence-corrected chi connectivity index (χ3v) is 3.04. The molecule has 84 valence electrons. The van der Waals surface area contributed by atoms with Crippen LogP contribution in [-0.2, 0) is 11.4 Å². The lowest BCUT2D eigenvalue weighted by molar-refractivity contribution is 0.122. The van der Waals surface area contributed by atoms with Crippen LogP contribution in [0.3, 0.4) is 0 Å². The minimum atomic E-state index is 0.325. The number of hydrogen-bond donors (Lipinski definition) is 1. The van der Waals surface area contributed by atoms with Crippen LogP contribution in [0.1, 0.15) is 5.69 Å². The second-order valence-electron chi connectivity index (χ2n) is 3.16. The molecular formula is C11H12N2O2S. The number of ether oxygens (including phenoxy) is 1. The molecule has 2 N–H and O–H groups in total. The molecule has 0 bridgehead atoms. The molecule has 1 aromatic carbocycles. The molecule has 4 nitrogen and oxygen atoms in total. The molecule has 1 aromatic heterocycles. The van der Waals surface area contributed by atoms with E-state index in [-0.39, 0.29) is 0 Å². The van der Waals surface area contributed by atoms with E-state index >= 15 is 0 Å². The SMILES string of the molecule is COc1ccccc1-c1nc(CON)cs1. The van der Waals surface area contributed by atoms with Crippen LogP contribution in [0, 0.1) is 0 Å². The molecule has 16 heavy (non-hydrogen) atoms. The van der Waals surface area contributed by atoms with E-state index < -0.39 is 0 Å². The number of aromatic nitrogens is 1. The number of methoxy groups -OCH3 is 1. The summed E-state index contributed by atoms with van der Waals surface area (Å²) in [5, 5.41) is 2.83. The summed E-state index contributed by atoms with van der Waals surface area (Å²) in [5.41, 5.74) is 1.81. The molecule has 0 aliphatic heterocycles. The summed E-state index contributed by atoms with van der Waals surface area (Å²) >= 11 is 1.55. The van der Waals surface area contributed by atoms with Gasteiger partial charge in [-0.1, -0.05) is 12.1 Å². The molecule has 0 saturated heterocycles. The number of nitrogens with two attached hydrogens (primary N) is 1. The molecule has 0 atom stereocenters. The zero-order chi connectivity index (χ0) is 11.4. The van der Waals surface area contributed by atoms with E-state index in [0.29, 0.717) is 6.61 Å². The van der Waals surface area contributed by atoms with Gasteiger partial charge in [0.1, 0.15) is 17.4 Å². The van der Waals surface area contributed by atoms with Crippen LogP contribution in [0.2, 0.25) is 0 Å². The minimum absolute atomic E-state index is 0.325. The summed E-state index contributed by atoms with van der Waals surface area (Å²) in [7, 11) is 1.65. The van der Waals surface area contributed by atoms with Crippen molar-refractivity contribution >= 4 is 11.3 Å². The van der Waals surface area contributed by atoms with Gasteiger partial charge in [0, 0.05) is 5.38 Å². The first kappa shape index (κ1) is 11.1. The lowest BCUT2D eigenvalue weighted by Gasteiger charge is -2.04. The normalized spacial score (nSPS) is 10.4. The Morgan fingerprint density at radius 1 is 1.38 bits per heavy atom. The Bertz CT molecular complexity index is 471. The first-order valence-electron chi connectivity index (χ1n) is 4.74. The number of rotatable bonds is 4. The monoisotopic (exact) mass is 236 g/mol. The summed E-state index contributed by atoms with van der Waals surface area (Å²) in [4.78, 5) is 8.96. The van der Waals surface area contributed by atoms with Crippen LogP contribution >= 0.6 is 11.3 Å². The van der Waals surface area contributed by atoms with Crippen LogP contribution in [0.15, 0.2) is 29.6 Å². The van der Waals surface area contributed by atoms with E-state index in [1.54, 1.807) is 18.4 Å². The van der Waals surface area contributed by atoms with Gasteiger partial charge in [0.25, 0.3) is 0 Å². The van der Waals surface area contributed by atoms with Gasteiger partial charge in [-0.15, -0.1) is 11.3 Å². The molecule has 0 spiro atoms. The van der Waals surface area contributed by atoms with E-state index in [1.807, 2.05) is 29.6 Å². The van der Waals surface area contributed by atoms with Crippen molar-refractivity contribution in [1.29, 1.82) is 0 Å². The van der Waals surface area contributed by atoms with Crippen molar-refractivity contribution in [3.63, 3.8) is 0 Å². The molecule has 0 amide bonds. The molecular weight excluding hydrogens is 224 g/mol. The molecule has 5 heteroatoms. The van der Waals surface area contributed by atoms with Crippen molar-refractivity contribution in [2.45, 2.75) is 6.61 Å². The Morgan fingerprint density at radius 3 is 2.94 bits per heavy atom. The lowest BCUT2D eigenvalue weighted by atomic mass is 10.2. The molecule has 1 heterocycles. The summed E-state index contributed by atoms with van der Waals surface area (Å²) in [6.45, 7) is 0.325. The maximum absolute atomic E-state index is 5.28. The van der Waals surface area contributed by atoms with Crippen molar-refractivity contribution in [1.82, 2.24) is 4.98 Å². The summed E-state index contributed by atoms with van der Waals surface area (Å²) < 4.78 is 5.28. The largest absolute Gasteiger partial charge is 0.496 e. The van der Waals surface area contributed by atoms with Gasteiger partial charge in [-0.2, -0.15) is 0 Å². The van der Waals surface area contributed by atoms with Crippen molar-refractivity contribution in [3.05, 3.63) is 35.3 Å². The Hall–Kier alpha value is -1.43. The highest BCUT2D eigenvalue weighted by Crippen LogP contribution is 2.31. The third-order valence-electron chi connectivity index (χ3n) is 2.12. The summed E-state index contributed by atoms with van der Waals surface area (Å²) in [6.07, 6.45) is 0. The quantitative estimate of drug-likeness (QED) is 0.827. The Kier molecular flexibility index (Phi) is 3.51. The van der Waals surface area contributed by atoms with Gasteiger partial charge in [-0.05, 0) is 12.1 Å². The smallest absolute Gasteiger partial charge is 0.129 e. The zero-order valence-electron chi connectivity index (χ0n) is 8.84. The zero-order valence-corrected chi connectivity index (χ0v) is 9.66. The number of hydrogen-bond acceptors (Lipinski definition) is 5. The van der Waals surface area contributed by atoms with Gasteiger partial charge < -0.3 is 4.74 Å². The van der Waals surface area contributed by atoms with Crippen LogP contribution < -0.4 is 10.6 Å². The maximum Gasteiger partial charge on any atom is 0.129 e. The predicted molar refractivity (Wildman–Crippen MR) is 63.1 cm³/mol. The fourth-order valence-electron chi connectivity index (χ4n) is 1.40. The standard InChI is InChI=1S/C11H12N2O2S/c1-14-10-5-3-2-4-9(10)11-13-8(6-15-12)7-16-11/h2-5,7H,6,12H2,1H3. The predicted octanol–water partition coefficient (Wildman–Crippen LogP) is 2.21. The first-order chi connectivity index (χ1) is 7.85. The van der Waals surface area contributed by atoms with Crippen LogP contribution in [0.25, 0.3) is 10.6 Å². The molecule has 0 aliphatic rings. The average Bonchev–Trinajstić information content (AvgIpc) is 2.78. The van der Waals surface area contributed by atoms with Crippen molar-refractivity contribution in [3.8, 4) is 16.3 Å². The van der Waals surface area contributed by atoms with Crippen LogP contribution in [-0.4, -0.2) is 12.1 Å². The summed E-state index contributed by atoms with van der Waals surface area (Å²) in [6, 6.07) is 7.78. The van der Waals surface area contributed by atoms with Crippen LogP contribution in [0.5, 0.6) is 5.75 Å². The van der Waals surface area contributed by atoms with Gasteiger partial charge >= 0.3 is 0 Å². The van der Waals surface area contributed by atoms with Gasteiger partial charge in [0.05, 0.1) is 18.4 Å². The molecule has 0 unspecified atom stereocenters. The topological polar surface area (TPSA) is 57.4 Å². The fourth-order valence-corrected chi connectivity index (χ4v) is 2.24. The fraction of sp³-hybridized carbons (Fsp3) is 0.182. The van der Waals surface area contributed by atoms with E-state index in [1.165, 1.54) is 0 Å². The number of nitrogens with zero attached hydrogens (tertiary/aromatic N) is 1. The third kappa shape index (κ3) is 2.21. The Balaban J connectivity index is 2.34. The minimum Gasteiger partial charge on any atom is -0.496 e. The molecule has 2 aromatic rings. The molecule has 0 fully saturated rings.